The molecule has 0 saturated carbocycles. The highest BCUT2D eigenvalue weighted by Crippen LogP contribution is 2.10. The van der Waals surface area contributed by atoms with Crippen LogP contribution in [0.3, 0.4) is 0 Å². The highest BCUT2D eigenvalue weighted by atomic mass is 35.7. The topological polar surface area (TPSA) is 0 Å². The van der Waals surface area contributed by atoms with Crippen molar-refractivity contribution in [3.8, 4) is 0 Å². The summed E-state index contributed by atoms with van der Waals surface area (Å²) in [5.41, 5.74) is 0. The summed E-state index contributed by atoms with van der Waals surface area (Å²) in [6.07, 6.45) is 0. The van der Waals surface area contributed by atoms with Gasteiger partial charge in [-0.3, -0.25) is 0 Å². The molecule has 0 fully saturated rings. The Morgan fingerprint density at radius 3 is 1.17 bits per heavy atom. The lowest BCUT2D eigenvalue weighted by atomic mass is 11.9. The maximum atomic E-state index is 5.43. The molecule has 0 nitrogen and oxygen atoms in total. The van der Waals surface area contributed by atoms with Crippen LogP contribution >= 0.6 is 22.2 Å². The van der Waals surface area contributed by atoms with Gasteiger partial charge in [-0.05, 0) is 13.1 Å². The lowest BCUT2D eigenvalue weighted by Gasteiger charge is -1.93. The number of halogens is 2. The second-order valence-corrected chi connectivity index (χ2v) is 10.2. The van der Waals surface area contributed by atoms with E-state index in [1.54, 1.807) is 0 Å². The number of hydrogen-bond donors (Lipinski definition) is 0. The average Bonchev–Trinajstić information content (AvgIpc) is 0.722. The first-order valence-electron chi connectivity index (χ1n) is 1.38. The normalized spacial score (nSPS) is 10.0. The SMILES string of the molecule is C[Si](C)(Cl)Cl.[Si]. The van der Waals surface area contributed by atoms with Crippen LogP contribution in [0.15, 0.2) is 0 Å². The van der Waals surface area contributed by atoms with Gasteiger partial charge >= 0.3 is 0 Å². The molecule has 0 aliphatic carbocycles. The number of hydrogen-bond acceptors (Lipinski definition) is 0. The Balaban J connectivity index is 0. The Labute approximate surface area is 53.3 Å². The summed E-state index contributed by atoms with van der Waals surface area (Å²) in [6.45, 7) is 2.05. The van der Waals surface area contributed by atoms with Crippen LogP contribution in [0.25, 0.3) is 0 Å². The molecule has 4 heteroatoms. The Morgan fingerprint density at radius 1 is 1.17 bits per heavy atom. The van der Waals surface area contributed by atoms with Crippen molar-refractivity contribution in [2.24, 2.45) is 0 Å². The van der Waals surface area contributed by atoms with E-state index in [1.165, 1.54) is 0 Å². The van der Waals surface area contributed by atoms with E-state index in [1.807, 2.05) is 13.1 Å². The molecular weight excluding hydrogens is 151 g/mol. The molecule has 36 valence electrons. The summed E-state index contributed by atoms with van der Waals surface area (Å²) in [5, 5.41) is 0. The van der Waals surface area contributed by atoms with Crippen molar-refractivity contribution < 1.29 is 0 Å². The minimum absolute atomic E-state index is 0. The molecule has 0 amide bonds. The molecule has 0 aliphatic rings. The van der Waals surface area contributed by atoms with Crippen LogP contribution in [0, 0.1) is 0 Å². The molecule has 0 spiro atoms. The second-order valence-electron chi connectivity index (χ2n) is 1.33. The molecule has 0 bridgehead atoms. The maximum absolute atomic E-state index is 5.43. The zero-order valence-electron chi connectivity index (χ0n) is 3.76. The fourth-order valence-electron chi connectivity index (χ4n) is 0. The van der Waals surface area contributed by atoms with E-state index < -0.39 is 6.69 Å². The third-order valence-electron chi connectivity index (χ3n) is 0. The Morgan fingerprint density at radius 2 is 1.17 bits per heavy atom. The smallest absolute Gasteiger partial charge is 0.146 e. The molecule has 0 unspecified atom stereocenters. The predicted molar refractivity (Wildman–Crippen MR) is 34.9 cm³/mol. The fourth-order valence-corrected chi connectivity index (χ4v) is 0. The van der Waals surface area contributed by atoms with Crippen molar-refractivity contribution in [1.29, 1.82) is 0 Å². The van der Waals surface area contributed by atoms with Crippen LogP contribution < -0.4 is 0 Å². The molecule has 0 aliphatic heterocycles. The highest BCUT2D eigenvalue weighted by Gasteiger charge is 2.08. The zero-order chi connectivity index (χ0) is 4.50. The van der Waals surface area contributed by atoms with Crippen molar-refractivity contribution in [2.45, 2.75) is 13.1 Å². The van der Waals surface area contributed by atoms with Crippen LogP contribution in [0.1, 0.15) is 0 Å². The van der Waals surface area contributed by atoms with Gasteiger partial charge in [-0.2, -0.15) is 0 Å². The van der Waals surface area contributed by atoms with Gasteiger partial charge in [-0.25, -0.2) is 0 Å². The summed E-state index contributed by atoms with van der Waals surface area (Å²) in [4.78, 5) is 0. The van der Waals surface area contributed by atoms with Gasteiger partial charge in [-0.1, -0.05) is 0 Å². The van der Waals surface area contributed by atoms with Crippen LogP contribution in [0.5, 0.6) is 0 Å². The first kappa shape index (κ1) is 10.1. The van der Waals surface area contributed by atoms with E-state index in [2.05, 4.69) is 0 Å². The minimum atomic E-state index is -1.67. The predicted octanol–water partition coefficient (Wildman–Crippen LogP) is 1.78. The van der Waals surface area contributed by atoms with E-state index in [0.717, 1.165) is 0 Å². The van der Waals surface area contributed by atoms with Gasteiger partial charge in [0.2, 0.25) is 6.69 Å². The first-order valence-corrected chi connectivity index (χ1v) is 6.40. The van der Waals surface area contributed by atoms with E-state index in [4.69, 9.17) is 22.2 Å². The van der Waals surface area contributed by atoms with Crippen LogP contribution in [-0.4, -0.2) is 17.7 Å². The summed E-state index contributed by atoms with van der Waals surface area (Å²) >= 11 is 10.9. The Hall–Kier alpha value is 1.01. The van der Waals surface area contributed by atoms with Crippen molar-refractivity contribution in [1.82, 2.24) is 0 Å². The van der Waals surface area contributed by atoms with Crippen LogP contribution in [0.4, 0.5) is 0 Å². The first-order chi connectivity index (χ1) is 2.00. The molecule has 6 heavy (non-hydrogen) atoms. The standard InChI is InChI=1S/C2H6Cl2Si.Si/c1-5(2,3)4;/h1-2H3;. The van der Waals surface area contributed by atoms with E-state index in [-0.39, 0.29) is 11.0 Å². The lowest BCUT2D eigenvalue weighted by Crippen LogP contribution is -2.02. The molecular formula is C2H6Cl2Si2. The van der Waals surface area contributed by atoms with Gasteiger partial charge in [-0.15, -0.1) is 22.2 Å². The highest BCUT2D eigenvalue weighted by molar-refractivity contribution is 7.44. The van der Waals surface area contributed by atoms with E-state index in [9.17, 15) is 0 Å². The van der Waals surface area contributed by atoms with Gasteiger partial charge in [0.05, 0.1) is 0 Å². The Bertz CT molecular complexity index is 25.0. The van der Waals surface area contributed by atoms with Crippen LogP contribution in [0.2, 0.25) is 13.1 Å². The summed E-state index contributed by atoms with van der Waals surface area (Å²) in [7, 11) is 0. The molecule has 0 saturated heterocycles. The minimum Gasteiger partial charge on any atom is -0.146 e. The monoisotopic (exact) mass is 156 g/mol. The molecule has 4 radical (unpaired) electrons. The van der Waals surface area contributed by atoms with Gasteiger partial charge in [0.15, 0.2) is 0 Å². The largest absolute Gasteiger partial charge is 0.245 e. The molecule has 0 atom stereocenters. The molecule has 0 rings (SSSR count). The van der Waals surface area contributed by atoms with Crippen molar-refractivity contribution in [3.63, 3.8) is 0 Å². The van der Waals surface area contributed by atoms with Gasteiger partial charge < -0.3 is 0 Å². The third-order valence-corrected chi connectivity index (χ3v) is 0. The molecule has 0 N–H and O–H groups in total. The summed E-state index contributed by atoms with van der Waals surface area (Å²) in [5.74, 6) is 0. The second kappa shape index (κ2) is 3.07. The molecule has 0 heterocycles. The van der Waals surface area contributed by atoms with Crippen molar-refractivity contribution in [3.05, 3.63) is 0 Å². The summed E-state index contributed by atoms with van der Waals surface area (Å²) < 4.78 is 0. The molecule has 0 aromatic carbocycles. The van der Waals surface area contributed by atoms with Crippen LogP contribution in [-0.2, 0) is 0 Å². The van der Waals surface area contributed by atoms with Gasteiger partial charge in [0.1, 0.15) is 0 Å². The van der Waals surface area contributed by atoms with E-state index >= 15 is 0 Å². The Kier molecular flexibility index (Phi) is 5.17. The molecule has 0 aromatic rings. The zero-order valence-corrected chi connectivity index (χ0v) is 7.27. The van der Waals surface area contributed by atoms with Gasteiger partial charge in [0.25, 0.3) is 0 Å². The quantitative estimate of drug-likeness (QED) is 0.371. The van der Waals surface area contributed by atoms with E-state index in [0.29, 0.717) is 0 Å². The third kappa shape index (κ3) is 78.6. The van der Waals surface area contributed by atoms with Crippen molar-refractivity contribution in [2.75, 3.05) is 0 Å². The summed E-state index contributed by atoms with van der Waals surface area (Å²) in [6, 6.07) is 0. The fraction of sp³-hybridized carbons (Fsp3) is 1.00. The average molecular weight is 157 g/mol. The number of rotatable bonds is 0. The maximum Gasteiger partial charge on any atom is 0.245 e. The van der Waals surface area contributed by atoms with Crippen molar-refractivity contribution >= 4 is 39.8 Å². The van der Waals surface area contributed by atoms with Gasteiger partial charge in [0, 0.05) is 11.0 Å². The molecule has 0 aromatic heterocycles. The lowest BCUT2D eigenvalue weighted by molar-refractivity contribution is 2.06.